The van der Waals surface area contributed by atoms with Gasteiger partial charge in [-0.3, -0.25) is 10.1 Å². The number of hydrazone groups is 1. The summed E-state index contributed by atoms with van der Waals surface area (Å²) in [4.78, 5) is 0. The molecule has 0 atom stereocenters. The van der Waals surface area contributed by atoms with Crippen molar-refractivity contribution in [3.63, 3.8) is 0 Å². The van der Waals surface area contributed by atoms with Crippen molar-refractivity contribution in [2.75, 3.05) is 11.7 Å². The first kappa shape index (κ1) is 16.3. The predicted molar refractivity (Wildman–Crippen MR) is 78.1 cm³/mol. The maximum absolute atomic E-state index is 12.2. The van der Waals surface area contributed by atoms with Gasteiger partial charge in [0, 0.05) is 6.20 Å². The van der Waals surface area contributed by atoms with Gasteiger partial charge in [0.15, 0.2) is 0 Å². The van der Waals surface area contributed by atoms with Gasteiger partial charge in [-0.15, -0.1) is 11.8 Å². The number of hydrogen-bond acceptors (Lipinski definition) is 7. The van der Waals surface area contributed by atoms with Gasteiger partial charge in [-0.1, -0.05) is 0 Å². The van der Waals surface area contributed by atoms with Crippen molar-refractivity contribution in [2.45, 2.75) is 17.7 Å². The summed E-state index contributed by atoms with van der Waals surface area (Å²) in [7, 11) is 0. The molecule has 0 bridgehead atoms. The van der Waals surface area contributed by atoms with Crippen LogP contribution in [0.2, 0.25) is 0 Å². The Morgan fingerprint density at radius 2 is 2.36 bits per heavy atom. The lowest BCUT2D eigenvalue weighted by Crippen LogP contribution is -2.18. The molecule has 2 aromatic rings. The van der Waals surface area contributed by atoms with Gasteiger partial charge in [-0.25, -0.2) is 0 Å². The molecule has 0 spiro atoms. The van der Waals surface area contributed by atoms with Crippen molar-refractivity contribution in [1.82, 2.24) is 14.2 Å². The minimum atomic E-state index is -4.32. The number of aromatic nitrogens is 3. The minimum absolute atomic E-state index is 0.268. The molecule has 0 amide bonds. The predicted octanol–water partition coefficient (Wildman–Crippen LogP) is 2.94. The molecule has 116 valence electrons. The summed E-state index contributed by atoms with van der Waals surface area (Å²) in [6.45, 7) is -1.15. The molecule has 0 saturated carbocycles. The van der Waals surface area contributed by atoms with E-state index in [1.165, 1.54) is 30.2 Å². The summed E-state index contributed by atoms with van der Waals surface area (Å²) in [6, 6.07) is 3.42. The molecule has 0 aromatic carbocycles. The Morgan fingerprint density at radius 1 is 1.59 bits per heavy atom. The van der Waals surface area contributed by atoms with Crippen LogP contribution < -0.4 is 5.43 Å². The lowest BCUT2D eigenvalue weighted by Gasteiger charge is -2.04. The second-order valence-corrected chi connectivity index (χ2v) is 5.50. The molecule has 11 heteroatoms. The first-order valence-corrected chi connectivity index (χ1v) is 7.76. The summed E-state index contributed by atoms with van der Waals surface area (Å²) >= 11 is 2.42. The number of rotatable bonds is 5. The summed E-state index contributed by atoms with van der Waals surface area (Å²) in [5.74, 6) is 0. The van der Waals surface area contributed by atoms with E-state index in [4.69, 9.17) is 5.26 Å². The van der Waals surface area contributed by atoms with Crippen LogP contribution in [-0.4, -0.2) is 32.8 Å². The van der Waals surface area contributed by atoms with Crippen LogP contribution in [-0.2, 0) is 6.54 Å². The molecule has 0 saturated heterocycles. The Morgan fingerprint density at radius 3 is 3.00 bits per heavy atom. The van der Waals surface area contributed by atoms with E-state index in [0.29, 0.717) is 15.6 Å². The molecule has 0 aliphatic heterocycles. The fraction of sp³-hybridized carbons (Fsp3) is 0.273. The molecule has 0 aliphatic rings. The largest absolute Gasteiger partial charge is 0.408 e. The van der Waals surface area contributed by atoms with Crippen molar-refractivity contribution < 1.29 is 13.2 Å². The van der Waals surface area contributed by atoms with Gasteiger partial charge >= 0.3 is 6.18 Å². The van der Waals surface area contributed by atoms with E-state index >= 15 is 0 Å². The zero-order valence-electron chi connectivity index (χ0n) is 11.1. The molecule has 6 nitrogen and oxygen atoms in total. The first-order valence-electron chi connectivity index (χ1n) is 5.76. The zero-order valence-corrected chi connectivity index (χ0v) is 12.8. The maximum Gasteiger partial charge on any atom is 0.408 e. The Labute approximate surface area is 131 Å². The van der Waals surface area contributed by atoms with Crippen LogP contribution in [0.25, 0.3) is 0 Å². The van der Waals surface area contributed by atoms with E-state index < -0.39 is 12.7 Å². The highest BCUT2D eigenvalue weighted by Crippen LogP contribution is 2.29. The average molecular weight is 346 g/mol. The molecule has 0 aliphatic carbocycles. The highest BCUT2D eigenvalue weighted by Gasteiger charge is 2.28. The fourth-order valence-electron chi connectivity index (χ4n) is 1.46. The van der Waals surface area contributed by atoms with Gasteiger partial charge in [0.2, 0.25) is 0 Å². The third kappa shape index (κ3) is 4.22. The Kier molecular flexibility index (Phi) is 5.04. The molecule has 22 heavy (non-hydrogen) atoms. The number of anilines is 1. The Bertz CT molecular complexity index is 712. The summed E-state index contributed by atoms with van der Waals surface area (Å²) < 4.78 is 41.4. The molecule has 0 unspecified atom stereocenters. The third-order valence-electron chi connectivity index (χ3n) is 2.33. The molecule has 1 N–H and O–H groups in total. The number of alkyl halides is 3. The van der Waals surface area contributed by atoms with Gasteiger partial charge < -0.3 is 0 Å². The van der Waals surface area contributed by atoms with E-state index in [-0.39, 0.29) is 5.69 Å². The van der Waals surface area contributed by atoms with Crippen LogP contribution in [0.1, 0.15) is 11.3 Å². The van der Waals surface area contributed by atoms with Crippen LogP contribution in [0.15, 0.2) is 22.4 Å². The van der Waals surface area contributed by atoms with Crippen molar-refractivity contribution in [2.24, 2.45) is 5.10 Å². The maximum atomic E-state index is 12.2. The molecular weight excluding hydrogens is 337 g/mol. The van der Waals surface area contributed by atoms with E-state index in [1.807, 2.05) is 6.07 Å². The fourth-order valence-corrected chi connectivity index (χ4v) is 2.88. The van der Waals surface area contributed by atoms with Crippen LogP contribution in [0.4, 0.5) is 18.2 Å². The molecular formula is C11H9F3N6S2. The number of hydrogen-bond donors (Lipinski definition) is 1. The molecule has 0 fully saturated rings. The molecule has 2 rings (SSSR count). The topological polar surface area (TPSA) is 78.9 Å². The van der Waals surface area contributed by atoms with Crippen molar-refractivity contribution in [3.05, 3.63) is 23.5 Å². The van der Waals surface area contributed by atoms with Gasteiger partial charge in [-0.2, -0.15) is 33.0 Å². The smallest absolute Gasteiger partial charge is 0.266 e. The van der Waals surface area contributed by atoms with Crippen molar-refractivity contribution in [3.8, 4) is 6.07 Å². The number of thioether (sulfide) groups is 1. The number of nitrogens with zero attached hydrogens (tertiary/aromatic N) is 5. The molecule has 2 aromatic heterocycles. The average Bonchev–Trinajstić information content (AvgIpc) is 3.03. The third-order valence-corrected chi connectivity index (χ3v) is 3.88. The summed E-state index contributed by atoms with van der Waals surface area (Å²) in [5, 5.41) is 17.7. The number of nitrogens with one attached hydrogen (secondary N) is 1. The first-order chi connectivity index (χ1) is 10.4. The summed E-state index contributed by atoms with van der Waals surface area (Å²) in [5.41, 5.74) is 3.30. The van der Waals surface area contributed by atoms with E-state index in [1.54, 1.807) is 6.26 Å². The Balaban J connectivity index is 2.02. The summed E-state index contributed by atoms with van der Waals surface area (Å²) in [6.07, 6.45) is -0.0337. The van der Waals surface area contributed by atoms with Gasteiger partial charge in [0.1, 0.15) is 33.9 Å². The number of nitriles is 1. The van der Waals surface area contributed by atoms with Crippen molar-refractivity contribution >= 4 is 34.5 Å². The highest BCUT2D eigenvalue weighted by atomic mass is 32.2. The molecule has 2 heterocycles. The standard InChI is InChI=1S/C11H9F3N6S2/c1-21-10-8(4-15)9(22-19-10)17-16-5-7-2-3-20(18-7)6-11(12,13)14/h2-3,5,17H,6H2,1H3/b16-5-. The second-order valence-electron chi connectivity index (χ2n) is 3.93. The van der Waals surface area contributed by atoms with Gasteiger partial charge in [0.25, 0.3) is 0 Å². The molecule has 0 radical (unpaired) electrons. The minimum Gasteiger partial charge on any atom is -0.266 e. The normalized spacial score (nSPS) is 11.8. The quantitative estimate of drug-likeness (QED) is 0.512. The van der Waals surface area contributed by atoms with Crippen LogP contribution in [0.3, 0.4) is 0 Å². The second kappa shape index (κ2) is 6.80. The van der Waals surface area contributed by atoms with Crippen molar-refractivity contribution in [1.29, 1.82) is 5.26 Å². The lowest BCUT2D eigenvalue weighted by atomic mass is 10.4. The van der Waals surface area contributed by atoms with E-state index in [9.17, 15) is 13.2 Å². The highest BCUT2D eigenvalue weighted by molar-refractivity contribution is 7.98. The van der Waals surface area contributed by atoms with Crippen LogP contribution in [0, 0.1) is 11.3 Å². The van der Waals surface area contributed by atoms with Gasteiger partial charge in [0.05, 0.1) is 6.21 Å². The SMILES string of the molecule is CSc1nsc(N/N=C\c2ccn(CC(F)(F)F)n2)c1C#N. The van der Waals surface area contributed by atoms with E-state index in [2.05, 4.69) is 20.0 Å². The lowest BCUT2D eigenvalue weighted by molar-refractivity contribution is -0.142. The van der Waals surface area contributed by atoms with E-state index in [0.717, 1.165) is 16.2 Å². The van der Waals surface area contributed by atoms with Gasteiger partial charge in [-0.05, 0) is 23.9 Å². The van der Waals surface area contributed by atoms with Crippen LogP contribution in [0.5, 0.6) is 0 Å². The van der Waals surface area contributed by atoms with Crippen LogP contribution >= 0.6 is 23.3 Å². The Hall–Kier alpha value is -2.06. The zero-order chi connectivity index (χ0) is 16.2. The number of halogens is 3. The monoisotopic (exact) mass is 346 g/mol.